The van der Waals surface area contributed by atoms with Crippen molar-refractivity contribution in [2.24, 2.45) is 5.41 Å². The number of rotatable bonds is 10. The summed E-state index contributed by atoms with van der Waals surface area (Å²) in [6.07, 6.45) is 1.25. The molecule has 0 aromatic rings. The molecule has 0 heterocycles. The maximum atomic E-state index is 8.46. The summed E-state index contributed by atoms with van der Waals surface area (Å²) in [5.74, 6) is 2.25. The lowest BCUT2D eigenvalue weighted by Gasteiger charge is -2.17. The third-order valence-electron chi connectivity index (χ3n) is 1.98. The number of aliphatic hydroxyl groups excluding tert-OH is 1. The van der Waals surface area contributed by atoms with Crippen molar-refractivity contribution >= 4 is 11.8 Å². The standard InChI is InChI=1S/C12H26O3S/c1-12(2,3)4-10-16-11-9-15-8-7-14-6-5-13/h13H,4-11H2,1-3H3. The van der Waals surface area contributed by atoms with E-state index in [4.69, 9.17) is 14.6 Å². The zero-order chi connectivity index (χ0) is 12.3. The van der Waals surface area contributed by atoms with Gasteiger partial charge in [0.15, 0.2) is 0 Å². The monoisotopic (exact) mass is 250 g/mol. The van der Waals surface area contributed by atoms with Gasteiger partial charge in [-0.05, 0) is 17.6 Å². The Morgan fingerprint density at radius 2 is 1.56 bits per heavy atom. The Hall–Kier alpha value is 0.230. The van der Waals surface area contributed by atoms with E-state index >= 15 is 0 Å². The molecule has 0 aliphatic rings. The first-order chi connectivity index (χ1) is 7.56. The van der Waals surface area contributed by atoms with Crippen LogP contribution in [0.4, 0.5) is 0 Å². The molecule has 0 saturated carbocycles. The van der Waals surface area contributed by atoms with Gasteiger partial charge < -0.3 is 14.6 Å². The Morgan fingerprint density at radius 3 is 2.12 bits per heavy atom. The van der Waals surface area contributed by atoms with Gasteiger partial charge in [0.05, 0.1) is 33.0 Å². The first-order valence-corrected chi connectivity index (χ1v) is 7.06. The van der Waals surface area contributed by atoms with Crippen LogP contribution in [0.3, 0.4) is 0 Å². The fourth-order valence-electron chi connectivity index (χ4n) is 0.985. The number of ether oxygens (including phenoxy) is 2. The quantitative estimate of drug-likeness (QED) is 0.603. The van der Waals surface area contributed by atoms with Gasteiger partial charge in [-0.2, -0.15) is 11.8 Å². The van der Waals surface area contributed by atoms with Gasteiger partial charge in [-0.3, -0.25) is 0 Å². The Kier molecular flexibility index (Phi) is 10.5. The highest BCUT2D eigenvalue weighted by molar-refractivity contribution is 7.99. The van der Waals surface area contributed by atoms with Crippen molar-refractivity contribution < 1.29 is 14.6 Å². The predicted octanol–water partition coefficient (Wildman–Crippen LogP) is 2.18. The lowest BCUT2D eigenvalue weighted by molar-refractivity contribution is 0.0377. The molecular weight excluding hydrogens is 224 g/mol. The van der Waals surface area contributed by atoms with E-state index in [9.17, 15) is 0 Å². The minimum absolute atomic E-state index is 0.0860. The van der Waals surface area contributed by atoms with Gasteiger partial charge in [-0.15, -0.1) is 0 Å². The minimum atomic E-state index is 0.0860. The molecule has 1 N–H and O–H groups in total. The first kappa shape index (κ1) is 16.2. The van der Waals surface area contributed by atoms with Gasteiger partial charge in [-0.1, -0.05) is 20.8 Å². The summed E-state index contributed by atoms with van der Waals surface area (Å²) in [5.41, 5.74) is 0.436. The van der Waals surface area contributed by atoms with Gasteiger partial charge in [-0.25, -0.2) is 0 Å². The third-order valence-corrected chi connectivity index (χ3v) is 2.92. The fourth-order valence-corrected chi connectivity index (χ4v) is 2.18. The molecule has 0 aliphatic carbocycles. The average Bonchev–Trinajstić information content (AvgIpc) is 2.19. The lowest BCUT2D eigenvalue weighted by atomic mass is 9.94. The van der Waals surface area contributed by atoms with Crippen LogP contribution in [0.25, 0.3) is 0 Å². The Morgan fingerprint density at radius 1 is 0.938 bits per heavy atom. The molecule has 0 aliphatic heterocycles. The second-order valence-corrected chi connectivity index (χ2v) is 6.10. The smallest absolute Gasteiger partial charge is 0.0701 e. The molecular formula is C12H26O3S. The second kappa shape index (κ2) is 10.4. The summed E-state index contributed by atoms with van der Waals surface area (Å²) in [4.78, 5) is 0. The van der Waals surface area contributed by atoms with E-state index in [1.165, 1.54) is 12.2 Å². The number of aliphatic hydroxyl groups is 1. The molecule has 0 amide bonds. The molecule has 0 saturated heterocycles. The van der Waals surface area contributed by atoms with E-state index in [0.717, 1.165) is 12.4 Å². The summed E-state index contributed by atoms with van der Waals surface area (Å²) in [6, 6.07) is 0. The molecule has 3 nitrogen and oxygen atoms in total. The molecule has 4 heteroatoms. The third kappa shape index (κ3) is 14.2. The van der Waals surface area contributed by atoms with Crippen molar-refractivity contribution in [1.82, 2.24) is 0 Å². The largest absolute Gasteiger partial charge is 0.394 e. The zero-order valence-electron chi connectivity index (χ0n) is 10.8. The molecule has 0 radical (unpaired) electrons. The Labute approximate surface area is 104 Å². The van der Waals surface area contributed by atoms with Gasteiger partial charge in [0, 0.05) is 5.75 Å². The number of hydrogen-bond donors (Lipinski definition) is 1. The molecule has 0 atom stereocenters. The maximum Gasteiger partial charge on any atom is 0.0701 e. The first-order valence-electron chi connectivity index (χ1n) is 5.90. The van der Waals surface area contributed by atoms with Crippen molar-refractivity contribution in [3.8, 4) is 0 Å². The van der Waals surface area contributed by atoms with E-state index in [1.54, 1.807) is 0 Å². The molecule has 0 spiro atoms. The molecule has 0 aromatic heterocycles. The highest BCUT2D eigenvalue weighted by Gasteiger charge is 2.08. The van der Waals surface area contributed by atoms with E-state index in [0.29, 0.717) is 25.2 Å². The highest BCUT2D eigenvalue weighted by Crippen LogP contribution is 2.21. The van der Waals surface area contributed by atoms with Crippen LogP contribution in [-0.4, -0.2) is 49.6 Å². The van der Waals surface area contributed by atoms with Crippen LogP contribution in [0.5, 0.6) is 0 Å². The Bertz CT molecular complexity index is 146. The van der Waals surface area contributed by atoms with Crippen LogP contribution in [0, 0.1) is 5.41 Å². The van der Waals surface area contributed by atoms with E-state index in [2.05, 4.69) is 20.8 Å². The minimum Gasteiger partial charge on any atom is -0.394 e. The topological polar surface area (TPSA) is 38.7 Å². The number of hydrogen-bond acceptors (Lipinski definition) is 4. The summed E-state index contributed by atoms with van der Waals surface area (Å²) >= 11 is 1.94. The van der Waals surface area contributed by atoms with Crippen LogP contribution in [0.2, 0.25) is 0 Å². The molecule has 0 unspecified atom stereocenters. The Balaban J connectivity index is 2.99. The highest BCUT2D eigenvalue weighted by atomic mass is 32.2. The molecule has 0 fully saturated rings. The summed E-state index contributed by atoms with van der Waals surface area (Å²) < 4.78 is 10.5. The van der Waals surface area contributed by atoms with Gasteiger partial charge >= 0.3 is 0 Å². The van der Waals surface area contributed by atoms with Crippen molar-refractivity contribution in [3.05, 3.63) is 0 Å². The lowest BCUT2D eigenvalue weighted by Crippen LogP contribution is -2.09. The molecule has 0 aromatic carbocycles. The van der Waals surface area contributed by atoms with Crippen molar-refractivity contribution in [1.29, 1.82) is 0 Å². The summed E-state index contributed by atoms with van der Waals surface area (Å²) in [6.45, 7) is 9.28. The average molecular weight is 250 g/mol. The molecule has 0 bridgehead atoms. The summed E-state index contributed by atoms with van der Waals surface area (Å²) in [5, 5.41) is 8.46. The van der Waals surface area contributed by atoms with Crippen LogP contribution in [0.15, 0.2) is 0 Å². The second-order valence-electron chi connectivity index (χ2n) is 4.87. The van der Waals surface area contributed by atoms with Crippen molar-refractivity contribution in [2.45, 2.75) is 27.2 Å². The maximum absolute atomic E-state index is 8.46. The predicted molar refractivity (Wildman–Crippen MR) is 70.1 cm³/mol. The van der Waals surface area contributed by atoms with Gasteiger partial charge in [0.25, 0.3) is 0 Å². The van der Waals surface area contributed by atoms with Gasteiger partial charge in [0.2, 0.25) is 0 Å². The zero-order valence-corrected chi connectivity index (χ0v) is 11.6. The van der Waals surface area contributed by atoms with E-state index in [1.807, 2.05) is 11.8 Å². The van der Waals surface area contributed by atoms with Crippen LogP contribution in [0.1, 0.15) is 27.2 Å². The van der Waals surface area contributed by atoms with E-state index < -0.39 is 0 Å². The van der Waals surface area contributed by atoms with E-state index in [-0.39, 0.29) is 6.61 Å². The van der Waals surface area contributed by atoms with Crippen LogP contribution >= 0.6 is 11.8 Å². The van der Waals surface area contributed by atoms with Crippen LogP contribution in [-0.2, 0) is 9.47 Å². The van der Waals surface area contributed by atoms with Gasteiger partial charge in [0.1, 0.15) is 0 Å². The number of thioether (sulfide) groups is 1. The molecule has 0 rings (SSSR count). The molecule has 98 valence electrons. The molecule has 16 heavy (non-hydrogen) atoms. The summed E-state index contributed by atoms with van der Waals surface area (Å²) in [7, 11) is 0. The fraction of sp³-hybridized carbons (Fsp3) is 1.00. The van der Waals surface area contributed by atoms with Crippen molar-refractivity contribution in [3.63, 3.8) is 0 Å². The van der Waals surface area contributed by atoms with Crippen molar-refractivity contribution in [2.75, 3.05) is 44.5 Å². The SMILES string of the molecule is CC(C)(C)CCSCCOCCOCCO. The van der Waals surface area contributed by atoms with Crippen LogP contribution < -0.4 is 0 Å². The normalized spacial score (nSPS) is 12.0.